The third-order valence-electron chi connectivity index (χ3n) is 1.46. The summed E-state index contributed by atoms with van der Waals surface area (Å²) in [6, 6.07) is 9.60. The van der Waals surface area contributed by atoms with E-state index in [1.807, 2.05) is 30.3 Å². The molecule has 0 aliphatic heterocycles. The SMILES string of the molecule is C.S=c1[nH]nc(-c2ccccc2)o1. The van der Waals surface area contributed by atoms with Crippen LogP contribution >= 0.6 is 12.2 Å². The summed E-state index contributed by atoms with van der Waals surface area (Å²) in [5.74, 6) is 0.528. The zero-order valence-electron chi connectivity index (χ0n) is 6.15. The smallest absolute Gasteiger partial charge is 0.284 e. The van der Waals surface area contributed by atoms with Gasteiger partial charge in [0.2, 0.25) is 5.89 Å². The van der Waals surface area contributed by atoms with Gasteiger partial charge in [-0.1, -0.05) is 25.6 Å². The van der Waals surface area contributed by atoms with Crippen LogP contribution in [0.5, 0.6) is 0 Å². The van der Waals surface area contributed by atoms with Gasteiger partial charge in [0, 0.05) is 5.56 Å². The molecule has 0 fully saturated rings. The molecule has 4 heteroatoms. The fourth-order valence-corrected chi connectivity index (χ4v) is 1.06. The Morgan fingerprint density at radius 1 is 1.23 bits per heavy atom. The Balaban J connectivity index is 0.000000845. The number of nitrogens with zero attached hydrogens (tertiary/aromatic N) is 1. The largest absolute Gasteiger partial charge is 0.409 e. The molecule has 0 atom stereocenters. The van der Waals surface area contributed by atoms with E-state index in [1.165, 1.54) is 0 Å². The Morgan fingerprint density at radius 3 is 2.46 bits per heavy atom. The van der Waals surface area contributed by atoms with Crippen molar-refractivity contribution in [2.24, 2.45) is 0 Å². The van der Waals surface area contributed by atoms with Crippen molar-refractivity contribution in [1.82, 2.24) is 10.2 Å². The Morgan fingerprint density at radius 2 is 1.92 bits per heavy atom. The number of rotatable bonds is 1. The zero-order chi connectivity index (χ0) is 8.39. The lowest BCUT2D eigenvalue weighted by Crippen LogP contribution is -1.75. The van der Waals surface area contributed by atoms with Gasteiger partial charge in [-0.2, -0.15) is 0 Å². The lowest BCUT2D eigenvalue weighted by atomic mass is 10.2. The highest BCUT2D eigenvalue weighted by Gasteiger charge is 2.00. The molecule has 0 radical (unpaired) electrons. The van der Waals surface area contributed by atoms with Crippen molar-refractivity contribution < 1.29 is 4.42 Å². The van der Waals surface area contributed by atoms with Crippen molar-refractivity contribution in [1.29, 1.82) is 0 Å². The van der Waals surface area contributed by atoms with Crippen molar-refractivity contribution in [2.45, 2.75) is 7.43 Å². The fourth-order valence-electron chi connectivity index (χ4n) is 0.934. The fraction of sp³-hybridized carbons (Fsp3) is 0.111. The van der Waals surface area contributed by atoms with E-state index in [0.29, 0.717) is 10.7 Å². The van der Waals surface area contributed by atoms with Crippen LogP contribution in [0.15, 0.2) is 34.7 Å². The van der Waals surface area contributed by atoms with Crippen LogP contribution < -0.4 is 0 Å². The summed E-state index contributed by atoms with van der Waals surface area (Å²) in [5, 5.41) is 6.46. The molecular weight excluding hydrogens is 184 g/mol. The number of benzene rings is 1. The van der Waals surface area contributed by atoms with Gasteiger partial charge in [0.25, 0.3) is 4.84 Å². The molecule has 2 rings (SSSR count). The molecule has 0 amide bonds. The van der Waals surface area contributed by atoms with Crippen LogP contribution in [0.1, 0.15) is 7.43 Å². The van der Waals surface area contributed by atoms with E-state index in [4.69, 9.17) is 16.6 Å². The van der Waals surface area contributed by atoms with Crippen molar-refractivity contribution in [3.63, 3.8) is 0 Å². The Hall–Kier alpha value is -1.42. The van der Waals surface area contributed by atoms with E-state index in [-0.39, 0.29) is 7.43 Å². The number of H-pyrrole nitrogens is 1. The van der Waals surface area contributed by atoms with E-state index in [1.54, 1.807) is 0 Å². The monoisotopic (exact) mass is 194 g/mol. The lowest BCUT2D eigenvalue weighted by Gasteiger charge is -1.89. The maximum Gasteiger partial charge on any atom is 0.284 e. The van der Waals surface area contributed by atoms with Crippen LogP contribution in [0.2, 0.25) is 0 Å². The first-order chi connectivity index (χ1) is 5.86. The van der Waals surface area contributed by atoms with Crippen molar-refractivity contribution >= 4 is 12.2 Å². The van der Waals surface area contributed by atoms with Gasteiger partial charge < -0.3 is 4.42 Å². The van der Waals surface area contributed by atoms with Crippen molar-refractivity contribution in [2.75, 3.05) is 0 Å². The van der Waals surface area contributed by atoms with Crippen LogP contribution in [0.3, 0.4) is 0 Å². The first-order valence-electron chi connectivity index (χ1n) is 3.47. The number of hydrogen-bond donors (Lipinski definition) is 1. The number of aromatic nitrogens is 2. The van der Waals surface area contributed by atoms with E-state index >= 15 is 0 Å². The summed E-state index contributed by atoms with van der Waals surface area (Å²) in [7, 11) is 0. The molecule has 0 spiro atoms. The first kappa shape index (κ1) is 9.67. The topological polar surface area (TPSA) is 41.8 Å². The second kappa shape index (κ2) is 4.00. The molecule has 68 valence electrons. The predicted molar refractivity (Wildman–Crippen MR) is 53.9 cm³/mol. The lowest BCUT2D eigenvalue weighted by molar-refractivity contribution is 0.552. The predicted octanol–water partition coefficient (Wildman–Crippen LogP) is 3.04. The summed E-state index contributed by atoms with van der Waals surface area (Å²) < 4.78 is 5.12. The number of aromatic amines is 1. The summed E-state index contributed by atoms with van der Waals surface area (Å²) in [6.45, 7) is 0. The van der Waals surface area contributed by atoms with Crippen molar-refractivity contribution in [3.05, 3.63) is 35.2 Å². The van der Waals surface area contributed by atoms with E-state index in [9.17, 15) is 0 Å². The minimum Gasteiger partial charge on any atom is -0.409 e. The van der Waals surface area contributed by atoms with Crippen LogP contribution in [0.4, 0.5) is 0 Å². The molecule has 3 nitrogen and oxygen atoms in total. The molecule has 0 aliphatic carbocycles. The molecule has 1 N–H and O–H groups in total. The van der Waals surface area contributed by atoms with Gasteiger partial charge in [-0.15, -0.1) is 5.10 Å². The van der Waals surface area contributed by atoms with Gasteiger partial charge >= 0.3 is 0 Å². The Labute approximate surface area is 81.4 Å². The molecule has 1 heterocycles. The van der Waals surface area contributed by atoms with Gasteiger partial charge in [0.05, 0.1) is 0 Å². The molecule has 13 heavy (non-hydrogen) atoms. The zero-order valence-corrected chi connectivity index (χ0v) is 6.97. The van der Waals surface area contributed by atoms with Gasteiger partial charge in [0.15, 0.2) is 0 Å². The average molecular weight is 194 g/mol. The second-order valence-corrected chi connectivity index (χ2v) is 2.66. The number of hydrogen-bond acceptors (Lipinski definition) is 3. The van der Waals surface area contributed by atoms with E-state index < -0.39 is 0 Å². The maximum atomic E-state index is 5.12. The summed E-state index contributed by atoms with van der Waals surface area (Å²) >= 11 is 4.75. The molecule has 0 bridgehead atoms. The molecule has 1 aromatic carbocycles. The van der Waals surface area contributed by atoms with Crippen LogP contribution in [0.25, 0.3) is 11.5 Å². The quantitative estimate of drug-likeness (QED) is 0.709. The highest BCUT2D eigenvalue weighted by atomic mass is 32.1. The maximum absolute atomic E-state index is 5.12. The minimum atomic E-state index is 0. The minimum absolute atomic E-state index is 0. The molecule has 0 saturated carbocycles. The average Bonchev–Trinajstić information content (AvgIpc) is 2.54. The van der Waals surface area contributed by atoms with Gasteiger partial charge in [-0.3, -0.25) is 0 Å². The summed E-state index contributed by atoms with van der Waals surface area (Å²) in [4.78, 5) is 0.300. The van der Waals surface area contributed by atoms with E-state index in [0.717, 1.165) is 5.56 Å². The molecule has 2 aromatic rings. The first-order valence-corrected chi connectivity index (χ1v) is 3.88. The molecule has 0 aliphatic rings. The highest BCUT2D eigenvalue weighted by molar-refractivity contribution is 7.71. The van der Waals surface area contributed by atoms with Gasteiger partial charge in [-0.05, 0) is 24.4 Å². The Kier molecular flexibility index (Phi) is 2.97. The highest BCUT2D eigenvalue weighted by Crippen LogP contribution is 2.14. The van der Waals surface area contributed by atoms with Gasteiger partial charge in [-0.25, -0.2) is 5.10 Å². The van der Waals surface area contributed by atoms with Crippen LogP contribution in [-0.4, -0.2) is 10.2 Å². The second-order valence-electron chi connectivity index (χ2n) is 2.28. The summed E-state index contributed by atoms with van der Waals surface area (Å²) in [6.07, 6.45) is 0. The van der Waals surface area contributed by atoms with Crippen LogP contribution in [0, 0.1) is 4.84 Å². The molecular formula is C9H10N2OS. The van der Waals surface area contributed by atoms with Gasteiger partial charge in [0.1, 0.15) is 0 Å². The number of nitrogens with one attached hydrogen (secondary N) is 1. The molecule has 0 saturated heterocycles. The molecule has 0 unspecified atom stereocenters. The Bertz CT molecular complexity index is 418. The normalized spacial score (nSPS) is 9.23. The third-order valence-corrected chi connectivity index (χ3v) is 1.63. The standard InChI is InChI=1S/C8H6N2OS.CH4/c12-8-10-9-7(11-8)6-4-2-1-3-5-6;/h1-5H,(H,10,12);1H4. The molecule has 1 aromatic heterocycles. The van der Waals surface area contributed by atoms with E-state index in [2.05, 4.69) is 10.2 Å². The third kappa shape index (κ3) is 2.03. The van der Waals surface area contributed by atoms with Crippen LogP contribution in [-0.2, 0) is 0 Å². The van der Waals surface area contributed by atoms with Crippen molar-refractivity contribution in [3.8, 4) is 11.5 Å². The summed E-state index contributed by atoms with van der Waals surface area (Å²) in [5.41, 5.74) is 0.921.